The Morgan fingerprint density at radius 2 is 1.77 bits per heavy atom. The Kier molecular flexibility index (Phi) is 5.77. The molecule has 2 aromatic heterocycles. The van der Waals surface area contributed by atoms with E-state index in [0.717, 1.165) is 26.2 Å². The third-order valence-corrected chi connectivity index (χ3v) is 7.08. The number of ketones is 1. The molecule has 2 aromatic carbocycles. The number of hydrogen-bond donors (Lipinski definition) is 0. The Balaban J connectivity index is 2.00. The van der Waals surface area contributed by atoms with Crippen LogP contribution < -0.4 is 4.74 Å². The van der Waals surface area contributed by atoms with Crippen LogP contribution >= 0.6 is 34.5 Å². The fraction of sp³-hybridized carbons (Fsp3) is 0.208. The number of halogens is 2. The molecule has 0 N–H and O–H groups in total. The second-order valence-electron chi connectivity index (χ2n) is 8.20. The number of thiophene rings is 1. The molecule has 0 fully saturated rings. The lowest BCUT2D eigenvalue weighted by atomic mass is 9.88. The molecular formula is C24H20Cl2N2O2S. The van der Waals surface area contributed by atoms with Crippen molar-refractivity contribution in [2.45, 2.75) is 33.1 Å². The summed E-state index contributed by atoms with van der Waals surface area (Å²) in [6.07, 6.45) is 1.48. The van der Waals surface area contributed by atoms with Crippen LogP contribution in [0.1, 0.15) is 42.9 Å². The standard InChI is InChI=1S/C24H20Cl2N2O2S/c1-13(29)15-7-5-6-8-18(15)30-22-20-19(14-9-10-16(25)17(26)11-14)21(24(2,3)4)31-23(20)28-12-27-22/h5-12H,1-4H3. The number of benzene rings is 2. The van der Waals surface area contributed by atoms with Crippen LogP contribution in [-0.2, 0) is 5.41 Å². The Hall–Kier alpha value is -2.47. The summed E-state index contributed by atoms with van der Waals surface area (Å²) in [4.78, 5) is 22.9. The van der Waals surface area contributed by atoms with Gasteiger partial charge in [0.15, 0.2) is 5.78 Å². The average Bonchev–Trinajstić information content (AvgIpc) is 3.11. The number of fused-ring (bicyclic) bond motifs is 1. The predicted molar refractivity (Wildman–Crippen MR) is 128 cm³/mol. The van der Waals surface area contributed by atoms with Crippen LogP contribution in [0.25, 0.3) is 21.3 Å². The summed E-state index contributed by atoms with van der Waals surface area (Å²) in [6, 6.07) is 12.7. The van der Waals surface area contributed by atoms with Gasteiger partial charge in [0.1, 0.15) is 16.9 Å². The van der Waals surface area contributed by atoms with Gasteiger partial charge in [-0.2, -0.15) is 0 Å². The van der Waals surface area contributed by atoms with Crippen LogP contribution in [0.4, 0.5) is 0 Å². The molecule has 0 amide bonds. The van der Waals surface area contributed by atoms with E-state index in [0.29, 0.717) is 27.2 Å². The highest BCUT2D eigenvalue weighted by Gasteiger charge is 2.28. The molecule has 0 bridgehead atoms. The van der Waals surface area contributed by atoms with Gasteiger partial charge in [-0.15, -0.1) is 11.3 Å². The fourth-order valence-electron chi connectivity index (χ4n) is 3.39. The molecule has 158 valence electrons. The first-order valence-corrected chi connectivity index (χ1v) is 11.3. The van der Waals surface area contributed by atoms with E-state index < -0.39 is 0 Å². The predicted octanol–water partition coefficient (Wildman–Crippen LogP) is 7.96. The third kappa shape index (κ3) is 4.18. The van der Waals surface area contributed by atoms with Gasteiger partial charge >= 0.3 is 0 Å². The zero-order chi connectivity index (χ0) is 22.3. The minimum Gasteiger partial charge on any atom is -0.437 e. The van der Waals surface area contributed by atoms with Crippen molar-refractivity contribution in [3.05, 3.63) is 69.3 Å². The first-order chi connectivity index (χ1) is 14.7. The molecule has 4 aromatic rings. The fourth-order valence-corrected chi connectivity index (χ4v) is 4.90. The van der Waals surface area contributed by atoms with Crippen molar-refractivity contribution < 1.29 is 9.53 Å². The highest BCUT2D eigenvalue weighted by Crippen LogP contribution is 2.48. The number of rotatable bonds is 4. The molecule has 0 aliphatic carbocycles. The van der Waals surface area contributed by atoms with E-state index in [4.69, 9.17) is 27.9 Å². The number of hydrogen-bond acceptors (Lipinski definition) is 5. The van der Waals surface area contributed by atoms with Gasteiger partial charge in [0, 0.05) is 10.4 Å². The number of carbonyl (C=O) groups excluding carboxylic acids is 1. The quantitative estimate of drug-likeness (QED) is 0.283. The van der Waals surface area contributed by atoms with Crippen molar-refractivity contribution in [3.8, 4) is 22.8 Å². The van der Waals surface area contributed by atoms with Crippen molar-refractivity contribution in [3.63, 3.8) is 0 Å². The summed E-state index contributed by atoms with van der Waals surface area (Å²) in [5.74, 6) is 0.774. The number of Topliss-reactive ketones (excluding diaryl/α,β-unsaturated/α-hetero) is 1. The molecule has 7 heteroatoms. The summed E-state index contributed by atoms with van der Waals surface area (Å²) >= 11 is 14.1. The molecule has 0 unspecified atom stereocenters. The number of para-hydroxylation sites is 1. The topological polar surface area (TPSA) is 52.1 Å². The molecule has 0 aliphatic heterocycles. The molecule has 0 spiro atoms. The Morgan fingerprint density at radius 3 is 2.45 bits per heavy atom. The van der Waals surface area contributed by atoms with E-state index >= 15 is 0 Å². The lowest BCUT2D eigenvalue weighted by Crippen LogP contribution is -2.10. The summed E-state index contributed by atoms with van der Waals surface area (Å²) < 4.78 is 6.20. The van der Waals surface area contributed by atoms with Gasteiger partial charge in [-0.05, 0) is 42.2 Å². The SMILES string of the molecule is CC(=O)c1ccccc1Oc1ncnc2sc(C(C)(C)C)c(-c3ccc(Cl)c(Cl)c3)c12. The lowest BCUT2D eigenvalue weighted by Gasteiger charge is -2.19. The molecule has 0 saturated heterocycles. The highest BCUT2D eigenvalue weighted by molar-refractivity contribution is 7.19. The number of nitrogens with zero attached hydrogens (tertiary/aromatic N) is 2. The Bertz CT molecular complexity index is 1310. The maximum Gasteiger partial charge on any atom is 0.231 e. The largest absolute Gasteiger partial charge is 0.437 e. The van der Waals surface area contributed by atoms with Crippen LogP contribution in [0.2, 0.25) is 10.0 Å². The zero-order valence-electron chi connectivity index (χ0n) is 17.5. The molecular weight excluding hydrogens is 451 g/mol. The van der Waals surface area contributed by atoms with Gasteiger partial charge in [-0.3, -0.25) is 4.79 Å². The van der Waals surface area contributed by atoms with Gasteiger partial charge in [0.05, 0.1) is 21.0 Å². The molecule has 0 radical (unpaired) electrons. The lowest BCUT2D eigenvalue weighted by molar-refractivity contribution is 0.101. The maximum absolute atomic E-state index is 12.1. The molecule has 0 saturated carbocycles. The van der Waals surface area contributed by atoms with Crippen LogP contribution in [-0.4, -0.2) is 15.8 Å². The number of carbonyl (C=O) groups is 1. The van der Waals surface area contributed by atoms with Crippen LogP contribution in [0.5, 0.6) is 11.6 Å². The molecule has 0 atom stereocenters. The van der Waals surface area contributed by atoms with Crippen LogP contribution in [0, 0.1) is 0 Å². The molecule has 4 rings (SSSR count). The van der Waals surface area contributed by atoms with Crippen molar-refractivity contribution in [2.24, 2.45) is 0 Å². The van der Waals surface area contributed by atoms with Crippen molar-refractivity contribution in [1.82, 2.24) is 9.97 Å². The third-order valence-electron chi connectivity index (χ3n) is 4.82. The van der Waals surface area contributed by atoms with Gasteiger partial charge in [0.25, 0.3) is 0 Å². The first-order valence-electron chi connectivity index (χ1n) is 9.68. The van der Waals surface area contributed by atoms with Gasteiger partial charge in [0.2, 0.25) is 5.88 Å². The maximum atomic E-state index is 12.1. The zero-order valence-corrected chi connectivity index (χ0v) is 19.8. The van der Waals surface area contributed by atoms with E-state index in [9.17, 15) is 4.79 Å². The minimum atomic E-state index is -0.151. The molecule has 4 nitrogen and oxygen atoms in total. The minimum absolute atomic E-state index is 0.0775. The van der Waals surface area contributed by atoms with Gasteiger partial charge < -0.3 is 4.74 Å². The monoisotopic (exact) mass is 470 g/mol. The van der Waals surface area contributed by atoms with Crippen LogP contribution in [0.15, 0.2) is 48.8 Å². The molecule has 2 heterocycles. The van der Waals surface area contributed by atoms with Gasteiger partial charge in [-0.1, -0.05) is 62.2 Å². The summed E-state index contributed by atoms with van der Waals surface area (Å²) in [6.45, 7) is 7.97. The Labute approximate surface area is 194 Å². The van der Waals surface area contributed by atoms with Crippen LogP contribution in [0.3, 0.4) is 0 Å². The normalized spacial score (nSPS) is 11.7. The Morgan fingerprint density at radius 1 is 1.03 bits per heavy atom. The second-order valence-corrected chi connectivity index (χ2v) is 10.0. The summed E-state index contributed by atoms with van der Waals surface area (Å²) in [7, 11) is 0. The summed E-state index contributed by atoms with van der Waals surface area (Å²) in [5, 5.41) is 1.75. The molecule has 0 aliphatic rings. The van der Waals surface area contributed by atoms with Crippen molar-refractivity contribution in [1.29, 1.82) is 0 Å². The van der Waals surface area contributed by atoms with E-state index in [-0.39, 0.29) is 11.2 Å². The van der Waals surface area contributed by atoms with E-state index in [1.807, 2.05) is 24.3 Å². The molecule has 31 heavy (non-hydrogen) atoms. The van der Waals surface area contributed by atoms with Crippen molar-refractivity contribution >= 4 is 50.5 Å². The van der Waals surface area contributed by atoms with E-state index in [1.165, 1.54) is 13.3 Å². The second kappa shape index (κ2) is 8.23. The number of aromatic nitrogens is 2. The number of ether oxygens (including phenoxy) is 1. The highest BCUT2D eigenvalue weighted by atomic mass is 35.5. The first kappa shape index (κ1) is 21.8. The van der Waals surface area contributed by atoms with E-state index in [2.05, 4.69) is 30.7 Å². The van der Waals surface area contributed by atoms with Crippen molar-refractivity contribution in [2.75, 3.05) is 0 Å². The van der Waals surface area contributed by atoms with E-state index in [1.54, 1.807) is 29.5 Å². The van der Waals surface area contributed by atoms with Gasteiger partial charge in [-0.25, -0.2) is 9.97 Å². The average molecular weight is 471 g/mol. The smallest absolute Gasteiger partial charge is 0.231 e. The summed E-state index contributed by atoms with van der Waals surface area (Å²) in [5.41, 5.74) is 2.21.